The van der Waals surface area contributed by atoms with Crippen LogP contribution in [-0.2, 0) is 9.84 Å². The number of nitrogens with zero attached hydrogens (tertiary/aromatic N) is 2. The molecule has 1 atom stereocenters. The predicted molar refractivity (Wildman–Crippen MR) is 116 cm³/mol. The number of aromatic amines is 1. The number of hydrogen-bond donors (Lipinski definition) is 4. The molecule has 2 heterocycles. The fourth-order valence-electron chi connectivity index (χ4n) is 3.72. The maximum atomic E-state index is 12.5. The molecule has 5 rings (SSSR count). The molecule has 4 N–H and O–H groups in total. The number of anilines is 3. The van der Waals surface area contributed by atoms with Gasteiger partial charge in [-0.2, -0.15) is 0 Å². The van der Waals surface area contributed by atoms with Gasteiger partial charge in [-0.3, -0.25) is 0 Å². The highest BCUT2D eigenvalue weighted by Gasteiger charge is 2.30. The average molecular weight is 428 g/mol. The second-order valence-corrected chi connectivity index (χ2v) is 10.4. The van der Waals surface area contributed by atoms with Crippen molar-refractivity contribution in [1.82, 2.24) is 15.0 Å². The molecule has 2 aliphatic rings. The number of benzene rings is 1. The van der Waals surface area contributed by atoms with E-state index in [-0.39, 0.29) is 10.8 Å². The van der Waals surface area contributed by atoms with Crippen molar-refractivity contribution < 1.29 is 13.5 Å². The van der Waals surface area contributed by atoms with Crippen LogP contribution in [0, 0.1) is 12.8 Å². The minimum atomic E-state index is -3.42. The van der Waals surface area contributed by atoms with Crippen LogP contribution < -0.4 is 10.6 Å². The first-order valence-corrected chi connectivity index (χ1v) is 12.1. The van der Waals surface area contributed by atoms with E-state index in [0.29, 0.717) is 40.1 Å². The van der Waals surface area contributed by atoms with Gasteiger partial charge in [0.05, 0.1) is 16.3 Å². The van der Waals surface area contributed by atoms with Crippen LogP contribution in [0.15, 0.2) is 29.2 Å². The summed E-state index contributed by atoms with van der Waals surface area (Å²) >= 11 is 0. The molecule has 0 spiro atoms. The van der Waals surface area contributed by atoms with Gasteiger partial charge < -0.3 is 20.7 Å². The zero-order chi connectivity index (χ0) is 21.0. The molecule has 0 bridgehead atoms. The highest BCUT2D eigenvalue weighted by atomic mass is 32.2. The number of imidazole rings is 1. The first kappa shape index (κ1) is 19.3. The van der Waals surface area contributed by atoms with Gasteiger partial charge in [-0.1, -0.05) is 6.07 Å². The Morgan fingerprint density at radius 3 is 2.57 bits per heavy atom. The highest BCUT2D eigenvalue weighted by Crippen LogP contribution is 2.42. The minimum Gasteiger partial charge on any atom is -0.373 e. The SMILES string of the molecule is Cc1nc2c(Nc3ccc(C4CC4)cc3S(C)(=O)=O)cc(NC(O)C3CC3)nc2[nH]1. The van der Waals surface area contributed by atoms with E-state index in [2.05, 4.69) is 25.6 Å². The maximum absolute atomic E-state index is 12.5. The molecule has 1 aromatic carbocycles. The Kier molecular flexibility index (Phi) is 4.48. The van der Waals surface area contributed by atoms with Crippen molar-refractivity contribution in [3.8, 4) is 0 Å². The average Bonchev–Trinajstić information content (AvgIpc) is 3.58. The lowest BCUT2D eigenvalue weighted by molar-refractivity contribution is 0.179. The first-order chi connectivity index (χ1) is 14.3. The van der Waals surface area contributed by atoms with Crippen LogP contribution >= 0.6 is 0 Å². The molecule has 9 heteroatoms. The lowest BCUT2D eigenvalue weighted by atomic mass is 10.1. The van der Waals surface area contributed by atoms with E-state index in [1.165, 1.54) is 6.26 Å². The fourth-order valence-corrected chi connectivity index (χ4v) is 4.59. The molecule has 3 aromatic rings. The van der Waals surface area contributed by atoms with E-state index >= 15 is 0 Å². The third kappa shape index (κ3) is 3.87. The third-order valence-electron chi connectivity index (χ3n) is 5.66. The molecular formula is C21H25N5O3S. The second kappa shape index (κ2) is 6.95. The molecule has 158 valence electrons. The number of aryl methyl sites for hydroxylation is 1. The molecular weight excluding hydrogens is 402 g/mol. The minimum absolute atomic E-state index is 0.245. The second-order valence-electron chi connectivity index (χ2n) is 8.43. The number of fused-ring (bicyclic) bond motifs is 1. The first-order valence-electron chi connectivity index (χ1n) is 10.2. The summed E-state index contributed by atoms with van der Waals surface area (Å²) in [6.07, 6.45) is 4.77. The zero-order valence-electron chi connectivity index (χ0n) is 16.9. The standard InChI is InChI=1S/C21H25N5O3S/c1-11-22-19-16(10-18(25-20(19)23-11)26-21(27)13-5-6-13)24-15-8-7-14(12-3-4-12)9-17(15)30(2,28)29/h7-10,12-13,21,27H,3-6H2,1-2H3,(H3,22,23,24,25,26). The van der Waals surface area contributed by atoms with Crippen LogP contribution in [0.3, 0.4) is 0 Å². The number of aromatic nitrogens is 3. The monoisotopic (exact) mass is 427 g/mol. The van der Waals surface area contributed by atoms with Gasteiger partial charge in [0.25, 0.3) is 0 Å². The Hall–Kier alpha value is -2.65. The summed E-state index contributed by atoms with van der Waals surface area (Å²) in [4.78, 5) is 12.4. The summed E-state index contributed by atoms with van der Waals surface area (Å²) in [5.41, 5.74) is 3.37. The summed E-state index contributed by atoms with van der Waals surface area (Å²) in [5.74, 6) is 1.91. The van der Waals surface area contributed by atoms with Gasteiger partial charge in [0.1, 0.15) is 23.4 Å². The fraction of sp³-hybridized carbons (Fsp3) is 0.429. The van der Waals surface area contributed by atoms with Gasteiger partial charge in [-0.15, -0.1) is 0 Å². The summed E-state index contributed by atoms with van der Waals surface area (Å²) in [6.45, 7) is 1.84. The maximum Gasteiger partial charge on any atom is 0.177 e. The third-order valence-corrected chi connectivity index (χ3v) is 6.80. The molecule has 0 amide bonds. The Morgan fingerprint density at radius 1 is 1.13 bits per heavy atom. The van der Waals surface area contributed by atoms with Gasteiger partial charge in [0, 0.05) is 18.2 Å². The molecule has 0 aliphatic heterocycles. The van der Waals surface area contributed by atoms with E-state index in [1.807, 2.05) is 19.1 Å². The number of rotatable bonds is 7. The van der Waals surface area contributed by atoms with Crippen LogP contribution in [-0.4, -0.2) is 41.0 Å². The molecule has 2 aromatic heterocycles. The topological polar surface area (TPSA) is 120 Å². The van der Waals surface area contributed by atoms with E-state index < -0.39 is 16.1 Å². The molecule has 0 saturated heterocycles. The zero-order valence-corrected chi connectivity index (χ0v) is 17.8. The summed E-state index contributed by atoms with van der Waals surface area (Å²) in [6, 6.07) is 7.34. The quantitative estimate of drug-likeness (QED) is 0.426. The molecule has 30 heavy (non-hydrogen) atoms. The van der Waals surface area contributed by atoms with Gasteiger partial charge in [0.2, 0.25) is 0 Å². The van der Waals surface area contributed by atoms with Crippen molar-refractivity contribution in [3.05, 3.63) is 35.7 Å². The summed E-state index contributed by atoms with van der Waals surface area (Å²) in [7, 11) is -3.42. The van der Waals surface area contributed by atoms with Gasteiger partial charge in [-0.05, 0) is 56.2 Å². The lowest BCUT2D eigenvalue weighted by Gasteiger charge is -2.16. The molecule has 0 radical (unpaired) electrons. The van der Waals surface area contributed by atoms with E-state index in [4.69, 9.17) is 0 Å². The number of sulfone groups is 1. The van der Waals surface area contributed by atoms with Crippen molar-refractivity contribution >= 4 is 38.2 Å². The summed E-state index contributed by atoms with van der Waals surface area (Å²) < 4.78 is 25.0. The highest BCUT2D eigenvalue weighted by molar-refractivity contribution is 7.90. The normalized spacial score (nSPS) is 17.8. The van der Waals surface area contributed by atoms with E-state index in [9.17, 15) is 13.5 Å². The van der Waals surface area contributed by atoms with E-state index in [0.717, 1.165) is 31.2 Å². The molecule has 8 nitrogen and oxygen atoms in total. The lowest BCUT2D eigenvalue weighted by Crippen LogP contribution is -2.21. The molecule has 1 unspecified atom stereocenters. The van der Waals surface area contributed by atoms with Crippen molar-refractivity contribution in [1.29, 1.82) is 0 Å². The van der Waals surface area contributed by atoms with Crippen LogP contribution in [0.5, 0.6) is 0 Å². The van der Waals surface area contributed by atoms with Crippen molar-refractivity contribution in [2.24, 2.45) is 5.92 Å². The van der Waals surface area contributed by atoms with E-state index in [1.54, 1.807) is 12.1 Å². The number of pyridine rings is 1. The Bertz CT molecular complexity index is 1230. The smallest absolute Gasteiger partial charge is 0.177 e. The van der Waals surface area contributed by atoms with Crippen molar-refractivity contribution in [2.75, 3.05) is 16.9 Å². The van der Waals surface area contributed by atoms with Crippen molar-refractivity contribution in [3.63, 3.8) is 0 Å². The molecule has 2 aliphatic carbocycles. The largest absolute Gasteiger partial charge is 0.373 e. The number of aliphatic hydroxyl groups is 1. The predicted octanol–water partition coefficient (Wildman–Crippen LogP) is 3.43. The number of aliphatic hydroxyl groups excluding tert-OH is 1. The molecule has 2 fully saturated rings. The van der Waals surface area contributed by atoms with Crippen LogP contribution in [0.25, 0.3) is 11.2 Å². The number of H-pyrrole nitrogens is 1. The van der Waals surface area contributed by atoms with Crippen LogP contribution in [0.1, 0.15) is 43.0 Å². The summed E-state index contributed by atoms with van der Waals surface area (Å²) in [5, 5.41) is 16.6. The van der Waals surface area contributed by atoms with Crippen LogP contribution in [0.4, 0.5) is 17.2 Å². The van der Waals surface area contributed by atoms with Crippen LogP contribution in [0.2, 0.25) is 0 Å². The van der Waals surface area contributed by atoms with Gasteiger partial charge in [-0.25, -0.2) is 18.4 Å². The number of hydrogen-bond acceptors (Lipinski definition) is 7. The van der Waals surface area contributed by atoms with Gasteiger partial charge in [0.15, 0.2) is 15.5 Å². The Labute approximate surface area is 175 Å². The van der Waals surface area contributed by atoms with Crippen molar-refractivity contribution in [2.45, 2.75) is 49.6 Å². The Morgan fingerprint density at radius 2 is 1.90 bits per heavy atom. The molecule has 2 saturated carbocycles. The Balaban J connectivity index is 1.55. The number of nitrogens with one attached hydrogen (secondary N) is 3. The van der Waals surface area contributed by atoms with Gasteiger partial charge >= 0.3 is 0 Å².